The molecule has 0 saturated heterocycles. The van der Waals surface area contributed by atoms with Crippen molar-refractivity contribution in [2.75, 3.05) is 20.1 Å². The zero-order valence-corrected chi connectivity index (χ0v) is 24.2. The Morgan fingerprint density at radius 1 is 1.10 bits per heavy atom. The van der Waals surface area contributed by atoms with Gasteiger partial charge in [-0.2, -0.15) is 4.31 Å². The predicted molar refractivity (Wildman–Crippen MR) is 155 cm³/mol. The Labute approximate surface area is 237 Å². The number of aliphatic carboxylic acids is 1. The summed E-state index contributed by atoms with van der Waals surface area (Å²) in [4.78, 5) is 15.2. The third-order valence-electron chi connectivity index (χ3n) is 7.58. The summed E-state index contributed by atoms with van der Waals surface area (Å²) in [5, 5.41) is 23.3. The molecule has 9 heteroatoms. The van der Waals surface area contributed by atoms with E-state index in [9.17, 15) is 18.3 Å². The number of carbonyl (C=O) groups is 1. The fourth-order valence-electron chi connectivity index (χ4n) is 5.59. The summed E-state index contributed by atoms with van der Waals surface area (Å²) < 4.78 is 27.9. The summed E-state index contributed by atoms with van der Waals surface area (Å²) in [5.74, 6) is -0.361. The highest BCUT2D eigenvalue weighted by Gasteiger charge is 2.29. The van der Waals surface area contributed by atoms with E-state index >= 15 is 0 Å². The number of nitrogens with zero attached hydrogens (tertiary/aromatic N) is 2. The van der Waals surface area contributed by atoms with Gasteiger partial charge in [-0.25, -0.2) is 8.42 Å². The topological polar surface area (TPSA) is 120 Å². The van der Waals surface area contributed by atoms with Gasteiger partial charge in [0.05, 0.1) is 6.10 Å². The van der Waals surface area contributed by atoms with Gasteiger partial charge in [-0.1, -0.05) is 48.5 Å². The first-order valence-electron chi connectivity index (χ1n) is 13.7. The van der Waals surface area contributed by atoms with Crippen molar-refractivity contribution in [2.45, 2.75) is 62.5 Å². The van der Waals surface area contributed by atoms with Crippen molar-refractivity contribution in [2.24, 2.45) is 5.92 Å². The molecular weight excluding hydrogens is 526 g/mol. The standard InChI is InChI=1S/C31H39N3O5S/c1-31(2,17-22-14-24-9-4-5-10-25(24)15-22)33-19-27(35)21-34(3)40(38,39)28-16-26(18-32-20-28)29-11-7-6-8-23(29)12-13-30(36)37/h4-11,16,18,20,22,27,33,35H,12-15,17,19,21H2,1-3H3,(H,36,37)/t27-/m0/s1. The number of likely N-dealkylation sites (N-methyl/N-ethyl adjacent to an activating group) is 1. The number of carboxylic acids is 1. The van der Waals surface area contributed by atoms with Gasteiger partial charge in [0.25, 0.3) is 0 Å². The summed E-state index contributed by atoms with van der Waals surface area (Å²) >= 11 is 0. The number of carboxylic acid groups (broad SMARTS) is 1. The van der Waals surface area contributed by atoms with Crippen LogP contribution in [-0.2, 0) is 34.1 Å². The zero-order chi connectivity index (χ0) is 28.9. The minimum Gasteiger partial charge on any atom is -0.481 e. The number of benzene rings is 2. The van der Waals surface area contributed by atoms with Gasteiger partial charge in [-0.15, -0.1) is 0 Å². The number of aromatic nitrogens is 1. The Kier molecular flexibility index (Phi) is 9.41. The largest absolute Gasteiger partial charge is 0.481 e. The number of hydrogen-bond acceptors (Lipinski definition) is 6. The molecule has 2 aromatic carbocycles. The van der Waals surface area contributed by atoms with E-state index in [4.69, 9.17) is 5.11 Å². The van der Waals surface area contributed by atoms with Crippen LogP contribution in [0.1, 0.15) is 43.4 Å². The van der Waals surface area contributed by atoms with Crippen LogP contribution in [0.2, 0.25) is 0 Å². The van der Waals surface area contributed by atoms with E-state index in [2.05, 4.69) is 48.4 Å². The molecule has 1 aliphatic rings. The lowest BCUT2D eigenvalue weighted by Crippen LogP contribution is -2.47. The third kappa shape index (κ3) is 7.54. The van der Waals surface area contributed by atoms with Crippen LogP contribution in [-0.4, -0.2) is 65.7 Å². The maximum Gasteiger partial charge on any atom is 0.303 e. The number of aliphatic hydroxyl groups is 1. The van der Waals surface area contributed by atoms with Crippen LogP contribution >= 0.6 is 0 Å². The Morgan fingerprint density at radius 3 is 2.42 bits per heavy atom. The van der Waals surface area contributed by atoms with Crippen LogP contribution in [0.4, 0.5) is 0 Å². The Bertz CT molecular complexity index is 1420. The summed E-state index contributed by atoms with van der Waals surface area (Å²) in [7, 11) is -2.47. The first-order valence-corrected chi connectivity index (χ1v) is 15.1. The van der Waals surface area contributed by atoms with Crippen molar-refractivity contribution in [1.82, 2.24) is 14.6 Å². The number of rotatable bonds is 13. The van der Waals surface area contributed by atoms with Crippen molar-refractivity contribution < 1.29 is 23.4 Å². The second-order valence-corrected chi connectivity index (χ2v) is 13.5. The van der Waals surface area contributed by atoms with E-state index in [1.54, 1.807) is 12.3 Å². The van der Waals surface area contributed by atoms with E-state index < -0.39 is 22.1 Å². The molecule has 3 aromatic rings. The number of pyridine rings is 1. The van der Waals surface area contributed by atoms with E-state index in [-0.39, 0.29) is 29.9 Å². The number of β-amino-alcohol motifs (C(OH)–C–C–N with tert-alkyl or cyclic N) is 1. The van der Waals surface area contributed by atoms with Crippen molar-refractivity contribution in [3.05, 3.63) is 83.7 Å². The second kappa shape index (κ2) is 12.6. The summed E-state index contributed by atoms with van der Waals surface area (Å²) in [5.41, 5.74) is 4.76. The summed E-state index contributed by atoms with van der Waals surface area (Å²) in [6.07, 6.45) is 5.34. The van der Waals surface area contributed by atoms with Crippen LogP contribution < -0.4 is 5.32 Å². The SMILES string of the molecule is CN(C[C@@H](O)CNC(C)(C)CC1Cc2ccccc2C1)S(=O)(=O)c1cncc(-c2ccccc2CCC(=O)O)c1. The smallest absolute Gasteiger partial charge is 0.303 e. The lowest BCUT2D eigenvalue weighted by atomic mass is 9.88. The molecule has 4 rings (SSSR count). The molecule has 0 aliphatic heterocycles. The van der Waals surface area contributed by atoms with Crippen LogP contribution in [0.15, 0.2) is 71.9 Å². The molecule has 8 nitrogen and oxygen atoms in total. The number of hydrogen-bond donors (Lipinski definition) is 3. The molecule has 214 valence electrons. The summed E-state index contributed by atoms with van der Waals surface area (Å²) in [6, 6.07) is 17.4. The van der Waals surface area contributed by atoms with Crippen molar-refractivity contribution in [3.8, 4) is 11.1 Å². The molecule has 0 spiro atoms. The normalized spacial score (nSPS) is 14.8. The average molecular weight is 566 g/mol. The molecule has 1 aromatic heterocycles. The monoisotopic (exact) mass is 565 g/mol. The van der Waals surface area contributed by atoms with E-state index in [0.717, 1.165) is 34.7 Å². The Balaban J connectivity index is 1.36. The van der Waals surface area contributed by atoms with Crippen molar-refractivity contribution in [3.63, 3.8) is 0 Å². The van der Waals surface area contributed by atoms with Crippen molar-refractivity contribution >= 4 is 16.0 Å². The maximum atomic E-state index is 13.4. The quantitative estimate of drug-likeness (QED) is 0.287. The maximum absolute atomic E-state index is 13.4. The first kappa shape index (κ1) is 29.9. The van der Waals surface area contributed by atoms with Gasteiger partial charge in [0.1, 0.15) is 4.90 Å². The second-order valence-electron chi connectivity index (χ2n) is 11.4. The minimum absolute atomic E-state index is 0.0156. The van der Waals surface area contributed by atoms with Gasteiger partial charge in [0.2, 0.25) is 10.0 Å². The molecule has 1 aliphatic carbocycles. The van der Waals surface area contributed by atoms with Crippen LogP contribution in [0.3, 0.4) is 0 Å². The van der Waals surface area contributed by atoms with Crippen LogP contribution in [0, 0.1) is 5.92 Å². The van der Waals surface area contributed by atoms with Gasteiger partial charge < -0.3 is 15.5 Å². The van der Waals surface area contributed by atoms with E-state index in [0.29, 0.717) is 17.9 Å². The van der Waals surface area contributed by atoms with E-state index in [1.165, 1.54) is 24.4 Å². The first-order chi connectivity index (χ1) is 18.9. The lowest BCUT2D eigenvalue weighted by molar-refractivity contribution is -0.136. The molecule has 0 radical (unpaired) electrons. The highest BCUT2D eigenvalue weighted by Crippen LogP contribution is 2.32. The molecule has 0 bridgehead atoms. The number of fused-ring (bicyclic) bond motifs is 1. The highest BCUT2D eigenvalue weighted by molar-refractivity contribution is 7.89. The minimum atomic E-state index is -3.92. The fourth-order valence-corrected chi connectivity index (χ4v) is 6.79. The number of aliphatic hydroxyl groups excluding tert-OH is 1. The van der Waals surface area contributed by atoms with Gasteiger partial charge in [-0.3, -0.25) is 9.78 Å². The van der Waals surface area contributed by atoms with Crippen LogP contribution in [0.5, 0.6) is 0 Å². The molecule has 0 saturated carbocycles. The Morgan fingerprint density at radius 2 is 1.75 bits per heavy atom. The predicted octanol–water partition coefficient (Wildman–Crippen LogP) is 3.92. The van der Waals surface area contributed by atoms with Gasteiger partial charge in [-0.05, 0) is 73.8 Å². The third-order valence-corrected chi connectivity index (χ3v) is 9.37. The molecule has 40 heavy (non-hydrogen) atoms. The molecular formula is C31H39N3O5S. The van der Waals surface area contributed by atoms with Gasteiger partial charge in [0.15, 0.2) is 0 Å². The molecule has 0 fully saturated rings. The molecule has 1 atom stereocenters. The zero-order valence-electron chi connectivity index (χ0n) is 23.4. The molecule has 3 N–H and O–H groups in total. The van der Waals surface area contributed by atoms with Crippen LogP contribution in [0.25, 0.3) is 11.1 Å². The van der Waals surface area contributed by atoms with Gasteiger partial charge >= 0.3 is 5.97 Å². The fraction of sp³-hybridized carbons (Fsp3) is 0.419. The lowest BCUT2D eigenvalue weighted by Gasteiger charge is -2.31. The molecule has 1 heterocycles. The number of nitrogens with one attached hydrogen (secondary N) is 1. The molecule has 0 unspecified atom stereocenters. The summed E-state index contributed by atoms with van der Waals surface area (Å²) in [6.45, 7) is 4.44. The number of aryl methyl sites for hydroxylation is 1. The van der Waals surface area contributed by atoms with Gasteiger partial charge in [0, 0.05) is 50.1 Å². The number of sulfonamides is 1. The van der Waals surface area contributed by atoms with Crippen molar-refractivity contribution in [1.29, 1.82) is 0 Å². The average Bonchev–Trinajstić information content (AvgIpc) is 3.32. The Hall–Kier alpha value is -3.11. The van der Waals surface area contributed by atoms with E-state index in [1.807, 2.05) is 24.3 Å². The highest BCUT2D eigenvalue weighted by atomic mass is 32.2. The molecule has 0 amide bonds.